The van der Waals surface area contributed by atoms with Gasteiger partial charge in [-0.15, -0.1) is 0 Å². The molecule has 0 aliphatic carbocycles. The van der Waals surface area contributed by atoms with Gasteiger partial charge < -0.3 is 18.9 Å². The minimum absolute atomic E-state index is 0.145. The van der Waals surface area contributed by atoms with Crippen molar-refractivity contribution in [3.8, 4) is 17.2 Å². The number of aromatic nitrogens is 1. The van der Waals surface area contributed by atoms with Crippen molar-refractivity contribution in [1.82, 2.24) is 4.57 Å². The zero-order valence-electron chi connectivity index (χ0n) is 25.1. The summed E-state index contributed by atoms with van der Waals surface area (Å²) in [5.74, 6) is 0.567. The van der Waals surface area contributed by atoms with E-state index in [9.17, 15) is 19.7 Å². The van der Waals surface area contributed by atoms with Crippen LogP contribution in [0.3, 0.4) is 0 Å². The molecule has 0 N–H and O–H groups in total. The number of methoxy groups -OCH3 is 1. The summed E-state index contributed by atoms with van der Waals surface area (Å²) in [7, 11) is 1.56. The number of thiazole rings is 1. The number of rotatable bonds is 11. The van der Waals surface area contributed by atoms with Gasteiger partial charge in [-0.2, -0.15) is 0 Å². The topological polar surface area (TPSA) is 131 Å². The fraction of sp³-hybridized carbons (Fsp3) is 0.242. The maximum absolute atomic E-state index is 13.8. The van der Waals surface area contributed by atoms with Crippen LogP contribution in [0.25, 0.3) is 11.8 Å². The van der Waals surface area contributed by atoms with E-state index in [-0.39, 0.29) is 40.3 Å². The van der Waals surface area contributed by atoms with E-state index in [0.29, 0.717) is 34.2 Å². The van der Waals surface area contributed by atoms with Crippen molar-refractivity contribution in [3.05, 3.63) is 119 Å². The standard InChI is InChI=1S/C33H31N3O8S/c1-5-42-26-16-23(25(36(39)40)18-27(26)44-19-21-10-8-7-9-11-21)17-28-31(37)35-20(3)29(32(38)43-6-2)30(34-33(35)45-28)22-12-14-24(41-4)15-13-22/h7-18,30H,5-6,19H2,1-4H3/b28-17-/t30-/m0/s1. The van der Waals surface area contributed by atoms with Crippen LogP contribution in [0.2, 0.25) is 0 Å². The van der Waals surface area contributed by atoms with Gasteiger partial charge in [0.15, 0.2) is 16.3 Å². The van der Waals surface area contributed by atoms with E-state index in [4.69, 9.17) is 23.9 Å². The van der Waals surface area contributed by atoms with Crippen molar-refractivity contribution in [3.63, 3.8) is 0 Å². The molecule has 1 aromatic heterocycles. The van der Waals surface area contributed by atoms with Crippen LogP contribution in [0.5, 0.6) is 17.2 Å². The van der Waals surface area contributed by atoms with Crippen molar-refractivity contribution < 1.29 is 28.7 Å². The van der Waals surface area contributed by atoms with Gasteiger partial charge in [0, 0.05) is 5.70 Å². The summed E-state index contributed by atoms with van der Waals surface area (Å²) >= 11 is 1.07. The maximum atomic E-state index is 13.8. The summed E-state index contributed by atoms with van der Waals surface area (Å²) in [6.07, 6.45) is 1.44. The number of hydrogen-bond donors (Lipinski definition) is 0. The number of ether oxygens (including phenoxy) is 4. The number of nitro groups is 1. The molecule has 45 heavy (non-hydrogen) atoms. The first kappa shape index (κ1) is 31.2. The average molecular weight is 630 g/mol. The maximum Gasteiger partial charge on any atom is 0.338 e. The highest BCUT2D eigenvalue weighted by Gasteiger charge is 2.31. The molecule has 232 valence electrons. The first-order valence-electron chi connectivity index (χ1n) is 14.2. The third kappa shape index (κ3) is 6.50. The van der Waals surface area contributed by atoms with Gasteiger partial charge in [0.25, 0.3) is 11.2 Å². The Morgan fingerprint density at radius 1 is 1.04 bits per heavy atom. The molecule has 11 nitrogen and oxygen atoms in total. The molecule has 1 atom stereocenters. The fourth-order valence-electron chi connectivity index (χ4n) is 4.94. The smallest absolute Gasteiger partial charge is 0.338 e. The highest BCUT2D eigenvalue weighted by Crippen LogP contribution is 2.36. The predicted octanol–water partition coefficient (Wildman–Crippen LogP) is 4.80. The van der Waals surface area contributed by atoms with E-state index >= 15 is 0 Å². The lowest BCUT2D eigenvalue weighted by molar-refractivity contribution is -0.385. The number of benzene rings is 3. The molecule has 0 radical (unpaired) electrons. The van der Waals surface area contributed by atoms with Gasteiger partial charge in [0.1, 0.15) is 18.4 Å². The van der Waals surface area contributed by atoms with Crippen LogP contribution >= 0.6 is 11.3 Å². The lowest BCUT2D eigenvalue weighted by atomic mass is 9.96. The lowest BCUT2D eigenvalue weighted by Crippen LogP contribution is -2.35. The average Bonchev–Trinajstić information content (AvgIpc) is 3.35. The minimum atomic E-state index is -0.735. The molecule has 4 aromatic rings. The molecular weight excluding hydrogens is 598 g/mol. The minimum Gasteiger partial charge on any atom is -0.497 e. The molecule has 5 rings (SSSR count). The third-order valence-corrected chi connectivity index (χ3v) is 8.07. The molecule has 0 unspecified atom stereocenters. The molecular formula is C33H31N3O8S. The van der Waals surface area contributed by atoms with Crippen molar-refractivity contribution in [2.45, 2.75) is 33.4 Å². The molecule has 0 spiro atoms. The van der Waals surface area contributed by atoms with Crippen molar-refractivity contribution in [2.24, 2.45) is 4.99 Å². The van der Waals surface area contributed by atoms with Gasteiger partial charge in [0.05, 0.1) is 47.0 Å². The summed E-state index contributed by atoms with van der Waals surface area (Å²) in [4.78, 5) is 43.7. The molecule has 3 aromatic carbocycles. The molecule has 2 heterocycles. The Morgan fingerprint density at radius 3 is 2.40 bits per heavy atom. The number of carbonyl (C=O) groups excluding carboxylic acids is 1. The van der Waals surface area contributed by atoms with E-state index in [2.05, 4.69) is 0 Å². The molecule has 0 fully saturated rings. The Morgan fingerprint density at radius 2 is 1.76 bits per heavy atom. The number of allylic oxidation sites excluding steroid dienone is 1. The summed E-state index contributed by atoms with van der Waals surface area (Å²) in [6, 6.07) is 18.6. The largest absolute Gasteiger partial charge is 0.497 e. The normalized spacial score (nSPS) is 14.4. The van der Waals surface area contributed by atoms with Gasteiger partial charge in [-0.05, 0) is 56.2 Å². The van der Waals surface area contributed by atoms with Gasteiger partial charge >= 0.3 is 5.97 Å². The number of nitrogens with zero attached hydrogens (tertiary/aromatic N) is 3. The number of nitro benzene ring substituents is 1. The van der Waals surface area contributed by atoms with Gasteiger partial charge in [0.2, 0.25) is 0 Å². The highest BCUT2D eigenvalue weighted by atomic mass is 32.1. The highest BCUT2D eigenvalue weighted by molar-refractivity contribution is 7.07. The van der Waals surface area contributed by atoms with Crippen LogP contribution in [-0.2, 0) is 16.1 Å². The monoisotopic (exact) mass is 629 g/mol. The van der Waals surface area contributed by atoms with Crippen LogP contribution in [0.1, 0.15) is 43.5 Å². The quantitative estimate of drug-likeness (QED) is 0.131. The van der Waals surface area contributed by atoms with E-state index in [0.717, 1.165) is 16.9 Å². The Hall–Kier alpha value is -5.23. The predicted molar refractivity (Wildman–Crippen MR) is 169 cm³/mol. The molecule has 0 saturated carbocycles. The Bertz CT molecular complexity index is 1950. The molecule has 0 amide bonds. The first-order chi connectivity index (χ1) is 21.7. The zero-order chi connectivity index (χ0) is 32.1. The van der Waals surface area contributed by atoms with Crippen LogP contribution in [0, 0.1) is 10.1 Å². The summed E-state index contributed by atoms with van der Waals surface area (Å²) in [5.41, 5.74) is 1.62. The van der Waals surface area contributed by atoms with Crippen molar-refractivity contribution in [2.75, 3.05) is 20.3 Å². The van der Waals surface area contributed by atoms with Crippen LogP contribution in [0.4, 0.5) is 5.69 Å². The zero-order valence-corrected chi connectivity index (χ0v) is 26.0. The number of hydrogen-bond acceptors (Lipinski definition) is 10. The second kappa shape index (κ2) is 13.6. The Balaban J connectivity index is 1.64. The SMILES string of the molecule is CCOC(=O)C1=C(C)n2c(s/c(=C\c3cc(OCC)c(OCc4ccccc4)cc3[N+](=O)[O-])c2=O)=N[C@H]1c1ccc(OC)cc1. The van der Waals surface area contributed by atoms with Crippen LogP contribution in [-0.4, -0.2) is 35.8 Å². The van der Waals surface area contributed by atoms with Crippen LogP contribution < -0.4 is 29.1 Å². The van der Waals surface area contributed by atoms with Gasteiger partial charge in [-0.1, -0.05) is 53.8 Å². The van der Waals surface area contributed by atoms with Gasteiger partial charge in [-0.3, -0.25) is 19.5 Å². The van der Waals surface area contributed by atoms with Crippen molar-refractivity contribution >= 4 is 34.8 Å². The van der Waals surface area contributed by atoms with Gasteiger partial charge in [-0.25, -0.2) is 9.79 Å². The van der Waals surface area contributed by atoms with E-state index in [1.165, 1.54) is 22.8 Å². The van der Waals surface area contributed by atoms with Crippen molar-refractivity contribution in [1.29, 1.82) is 0 Å². The summed E-state index contributed by atoms with van der Waals surface area (Å²) in [6.45, 7) is 5.78. The number of fused-ring (bicyclic) bond motifs is 1. The lowest BCUT2D eigenvalue weighted by Gasteiger charge is -2.22. The second-order valence-electron chi connectivity index (χ2n) is 9.88. The molecule has 0 saturated heterocycles. The molecule has 0 bridgehead atoms. The van der Waals surface area contributed by atoms with Crippen LogP contribution in [0.15, 0.2) is 82.1 Å². The second-order valence-corrected chi connectivity index (χ2v) is 10.9. The number of carbonyl (C=O) groups is 1. The molecule has 1 aliphatic rings. The van der Waals surface area contributed by atoms with E-state index < -0.39 is 22.5 Å². The summed E-state index contributed by atoms with van der Waals surface area (Å²) in [5, 5.41) is 12.2. The molecule has 1 aliphatic heterocycles. The molecule has 12 heteroatoms. The third-order valence-electron chi connectivity index (χ3n) is 7.08. The Kier molecular flexibility index (Phi) is 9.43. The summed E-state index contributed by atoms with van der Waals surface area (Å²) < 4.78 is 23.8. The first-order valence-corrected chi connectivity index (χ1v) is 15.0. The Labute approximate surface area is 262 Å². The fourth-order valence-corrected chi connectivity index (χ4v) is 5.97. The van der Waals surface area contributed by atoms with E-state index in [1.807, 2.05) is 30.3 Å². The van der Waals surface area contributed by atoms with E-state index in [1.54, 1.807) is 52.1 Å². The number of esters is 1.